The van der Waals surface area contributed by atoms with E-state index in [1.165, 1.54) is 11.3 Å². The molecule has 0 aliphatic heterocycles. The molecule has 6 aromatic rings. The Balaban J connectivity index is 1.48. The minimum atomic E-state index is 0.0699. The lowest BCUT2D eigenvalue weighted by atomic mass is 10.0. The lowest BCUT2D eigenvalue weighted by molar-refractivity contribution is 0.102. The first-order valence-corrected chi connectivity index (χ1v) is 11.2. The smallest absolute Gasteiger partial charge is 0.169 e. The van der Waals surface area contributed by atoms with Crippen molar-refractivity contribution in [1.29, 1.82) is 0 Å². The molecular weight excluding hydrogens is 432 g/mol. The first-order valence-electron chi connectivity index (χ1n) is 10.3. The van der Waals surface area contributed by atoms with E-state index in [2.05, 4.69) is 37.3 Å². The summed E-state index contributed by atoms with van der Waals surface area (Å²) < 4.78 is 0. The van der Waals surface area contributed by atoms with Crippen LogP contribution in [-0.2, 0) is 0 Å². The number of hydrogen-bond acceptors (Lipinski definition) is 6. The van der Waals surface area contributed by atoms with Gasteiger partial charge in [0.1, 0.15) is 11.3 Å². The number of nitrogens with zero attached hydrogens (tertiary/aromatic N) is 3. The average Bonchev–Trinajstić information content (AvgIpc) is 3.55. The summed E-state index contributed by atoms with van der Waals surface area (Å²) in [5.41, 5.74) is 12.9. The van der Waals surface area contributed by atoms with Crippen LogP contribution >= 0.6 is 11.3 Å². The second-order valence-corrected chi connectivity index (χ2v) is 8.95. The summed E-state index contributed by atoms with van der Waals surface area (Å²) in [6.45, 7) is 1.59. The SMILES string of the molecule is CC(=O)c1ccc(-c2ccnc3[nH]c(-c4n[nH]c5ccc(-c6cncc(N)c6)cc45)cc23)s1. The standard InChI is InChI=1S/C25H18N6OS/c1-13(32)22-4-5-23(33-22)17-6-7-28-25-18(17)10-21(29-25)24-19-9-14(2-3-20(19)30-31-24)15-8-16(26)12-27-11-15/h2-12H,26H2,1H3,(H,28,29)(H,30,31). The molecule has 7 nitrogen and oxygen atoms in total. The number of H-pyrrole nitrogens is 2. The van der Waals surface area contributed by atoms with E-state index in [0.717, 1.165) is 59.8 Å². The summed E-state index contributed by atoms with van der Waals surface area (Å²) in [5.74, 6) is 0.0699. The zero-order valence-electron chi connectivity index (χ0n) is 17.6. The van der Waals surface area contributed by atoms with Crippen LogP contribution in [0.2, 0.25) is 0 Å². The molecule has 0 fully saturated rings. The van der Waals surface area contributed by atoms with Crippen LogP contribution in [0.3, 0.4) is 0 Å². The van der Waals surface area contributed by atoms with Gasteiger partial charge >= 0.3 is 0 Å². The molecule has 33 heavy (non-hydrogen) atoms. The first kappa shape index (κ1) is 19.4. The van der Waals surface area contributed by atoms with E-state index in [9.17, 15) is 4.79 Å². The van der Waals surface area contributed by atoms with Crippen LogP contribution in [0.15, 0.2) is 67.1 Å². The Labute approximate surface area is 192 Å². The second kappa shape index (κ2) is 7.39. The molecule has 0 aliphatic carbocycles. The highest BCUT2D eigenvalue weighted by atomic mass is 32.1. The van der Waals surface area contributed by atoms with Gasteiger partial charge in [-0.05, 0) is 55.0 Å². The van der Waals surface area contributed by atoms with Crippen LogP contribution in [0.5, 0.6) is 0 Å². The van der Waals surface area contributed by atoms with Crippen LogP contribution in [0.1, 0.15) is 16.6 Å². The van der Waals surface area contributed by atoms with E-state index in [0.29, 0.717) is 5.69 Å². The number of nitrogens with one attached hydrogen (secondary N) is 2. The summed E-state index contributed by atoms with van der Waals surface area (Å²) in [6.07, 6.45) is 5.21. The minimum Gasteiger partial charge on any atom is -0.397 e. The van der Waals surface area contributed by atoms with Gasteiger partial charge in [-0.15, -0.1) is 11.3 Å². The lowest BCUT2D eigenvalue weighted by Gasteiger charge is -2.03. The van der Waals surface area contributed by atoms with E-state index in [1.54, 1.807) is 25.5 Å². The zero-order valence-corrected chi connectivity index (χ0v) is 18.4. The fraction of sp³-hybridized carbons (Fsp3) is 0.0400. The van der Waals surface area contributed by atoms with Crippen molar-refractivity contribution in [2.45, 2.75) is 6.92 Å². The molecule has 0 aliphatic rings. The zero-order chi connectivity index (χ0) is 22.5. The predicted octanol–water partition coefficient (Wildman–Crippen LogP) is 5.68. The van der Waals surface area contributed by atoms with Gasteiger partial charge in [0.05, 0.1) is 21.8 Å². The molecular formula is C25H18N6OS. The van der Waals surface area contributed by atoms with E-state index >= 15 is 0 Å². The third-order valence-corrected chi connectivity index (χ3v) is 6.88. The molecule has 0 bridgehead atoms. The minimum absolute atomic E-state index is 0.0699. The van der Waals surface area contributed by atoms with Gasteiger partial charge in [0.15, 0.2) is 5.78 Å². The van der Waals surface area contributed by atoms with E-state index in [-0.39, 0.29) is 5.78 Å². The van der Waals surface area contributed by atoms with Crippen molar-refractivity contribution in [3.63, 3.8) is 0 Å². The van der Waals surface area contributed by atoms with Crippen molar-refractivity contribution in [2.24, 2.45) is 0 Å². The summed E-state index contributed by atoms with van der Waals surface area (Å²) in [6, 6.07) is 15.9. The number of thiophene rings is 1. The third kappa shape index (κ3) is 3.28. The molecule has 160 valence electrons. The Morgan fingerprint density at radius 1 is 1.00 bits per heavy atom. The Morgan fingerprint density at radius 2 is 1.91 bits per heavy atom. The second-order valence-electron chi connectivity index (χ2n) is 7.86. The number of Topliss-reactive ketones (excluding diaryl/α,β-unsaturated/α-hetero) is 1. The van der Waals surface area contributed by atoms with Crippen molar-refractivity contribution in [1.82, 2.24) is 25.1 Å². The van der Waals surface area contributed by atoms with Gasteiger partial charge in [0.2, 0.25) is 0 Å². The Bertz CT molecular complexity index is 1680. The summed E-state index contributed by atoms with van der Waals surface area (Å²) in [7, 11) is 0. The number of aromatic amines is 2. The van der Waals surface area contributed by atoms with Crippen LogP contribution in [0.25, 0.3) is 54.9 Å². The molecule has 5 aromatic heterocycles. The fourth-order valence-corrected chi connectivity index (χ4v) is 5.00. The van der Waals surface area contributed by atoms with Crippen molar-refractivity contribution in [3.8, 4) is 33.0 Å². The van der Waals surface area contributed by atoms with Gasteiger partial charge in [-0.2, -0.15) is 5.10 Å². The molecule has 6 rings (SSSR count). The topological polar surface area (TPSA) is 113 Å². The number of carbonyl (C=O) groups excluding carboxylic acids is 1. The van der Waals surface area contributed by atoms with Crippen LogP contribution < -0.4 is 5.73 Å². The molecule has 0 spiro atoms. The maximum atomic E-state index is 11.8. The maximum Gasteiger partial charge on any atom is 0.169 e. The van der Waals surface area contributed by atoms with E-state index in [4.69, 9.17) is 5.73 Å². The summed E-state index contributed by atoms with van der Waals surface area (Å²) in [4.78, 5) is 25.7. The Kier molecular flexibility index (Phi) is 4.34. The number of aromatic nitrogens is 5. The number of pyridine rings is 2. The maximum absolute atomic E-state index is 11.8. The molecule has 1 aromatic carbocycles. The lowest BCUT2D eigenvalue weighted by Crippen LogP contribution is -1.87. The van der Waals surface area contributed by atoms with Gasteiger partial charge < -0.3 is 10.7 Å². The Morgan fingerprint density at radius 3 is 2.73 bits per heavy atom. The summed E-state index contributed by atoms with van der Waals surface area (Å²) >= 11 is 1.49. The fourth-order valence-electron chi connectivity index (χ4n) is 4.06. The number of nitrogen functional groups attached to an aromatic ring is 1. The molecule has 0 radical (unpaired) electrons. The van der Waals surface area contributed by atoms with E-state index in [1.807, 2.05) is 36.4 Å². The number of anilines is 1. The predicted molar refractivity (Wildman–Crippen MR) is 132 cm³/mol. The molecule has 0 unspecified atom stereocenters. The van der Waals surface area contributed by atoms with Crippen LogP contribution in [0.4, 0.5) is 5.69 Å². The molecule has 5 heterocycles. The molecule has 4 N–H and O–H groups in total. The van der Waals surface area contributed by atoms with Crippen molar-refractivity contribution >= 4 is 44.7 Å². The van der Waals surface area contributed by atoms with Crippen molar-refractivity contribution in [3.05, 3.63) is 72.0 Å². The highest BCUT2D eigenvalue weighted by Crippen LogP contribution is 2.37. The first-order chi connectivity index (χ1) is 16.1. The van der Waals surface area contributed by atoms with Gasteiger partial charge in [-0.3, -0.25) is 14.9 Å². The van der Waals surface area contributed by atoms with Gasteiger partial charge in [0, 0.05) is 45.4 Å². The molecule has 8 heteroatoms. The monoisotopic (exact) mass is 450 g/mol. The van der Waals surface area contributed by atoms with Gasteiger partial charge in [-0.1, -0.05) is 6.07 Å². The number of fused-ring (bicyclic) bond motifs is 2. The number of ketones is 1. The van der Waals surface area contributed by atoms with Crippen molar-refractivity contribution < 1.29 is 4.79 Å². The quantitative estimate of drug-likeness (QED) is 0.299. The highest BCUT2D eigenvalue weighted by Gasteiger charge is 2.16. The number of carbonyl (C=O) groups is 1. The normalized spacial score (nSPS) is 11.4. The largest absolute Gasteiger partial charge is 0.397 e. The third-order valence-electron chi connectivity index (χ3n) is 5.66. The number of rotatable bonds is 4. The number of hydrogen-bond donors (Lipinski definition) is 3. The average molecular weight is 451 g/mol. The van der Waals surface area contributed by atoms with E-state index < -0.39 is 0 Å². The van der Waals surface area contributed by atoms with Crippen molar-refractivity contribution in [2.75, 3.05) is 5.73 Å². The van der Waals surface area contributed by atoms with Crippen LogP contribution in [0, 0.1) is 0 Å². The molecule has 0 atom stereocenters. The summed E-state index contributed by atoms with van der Waals surface area (Å²) in [5, 5.41) is 9.66. The van der Waals surface area contributed by atoms with Gasteiger partial charge in [0.25, 0.3) is 0 Å². The molecule has 0 amide bonds. The number of nitrogens with two attached hydrogens (primary N) is 1. The van der Waals surface area contributed by atoms with Crippen LogP contribution in [-0.4, -0.2) is 30.9 Å². The molecule has 0 saturated carbocycles. The number of benzene rings is 1. The Hall–Kier alpha value is -4.30. The van der Waals surface area contributed by atoms with Gasteiger partial charge in [-0.25, -0.2) is 4.98 Å². The molecule has 0 saturated heterocycles. The highest BCUT2D eigenvalue weighted by molar-refractivity contribution is 7.17.